The Balaban J connectivity index is 1.89. The highest BCUT2D eigenvalue weighted by Gasteiger charge is 2.42. The molecule has 1 saturated carbocycles. The van der Waals surface area contributed by atoms with Gasteiger partial charge in [0.15, 0.2) is 6.61 Å². The zero-order valence-corrected chi connectivity index (χ0v) is 13.1. The van der Waals surface area contributed by atoms with Crippen LogP contribution < -0.4 is 10.1 Å². The van der Waals surface area contributed by atoms with Crippen LogP contribution in [0.2, 0.25) is 0 Å². The zero-order valence-electron chi connectivity index (χ0n) is 13.1. The van der Waals surface area contributed by atoms with Crippen LogP contribution in [-0.2, 0) is 4.79 Å². The first kappa shape index (κ1) is 16.3. The number of ether oxygens (including phenoxy) is 1. The van der Waals surface area contributed by atoms with Crippen molar-refractivity contribution in [2.24, 2.45) is 11.3 Å². The van der Waals surface area contributed by atoms with Crippen molar-refractivity contribution in [3.8, 4) is 5.75 Å². The molecular weight excluding hydrogens is 282 g/mol. The van der Waals surface area contributed by atoms with Gasteiger partial charge in [-0.1, -0.05) is 19.9 Å². The van der Waals surface area contributed by atoms with Crippen LogP contribution >= 0.6 is 0 Å². The van der Waals surface area contributed by atoms with Crippen molar-refractivity contribution >= 4 is 11.9 Å². The Bertz CT molecular complexity index is 549. The van der Waals surface area contributed by atoms with Crippen LogP contribution in [0.1, 0.15) is 43.5 Å². The van der Waals surface area contributed by atoms with Crippen molar-refractivity contribution < 1.29 is 19.4 Å². The summed E-state index contributed by atoms with van der Waals surface area (Å²) in [5.74, 6) is -0.166. The molecule has 0 saturated heterocycles. The Morgan fingerprint density at radius 1 is 1.36 bits per heavy atom. The molecule has 0 aliphatic heterocycles. The van der Waals surface area contributed by atoms with Gasteiger partial charge in [0, 0.05) is 12.1 Å². The fourth-order valence-corrected chi connectivity index (χ4v) is 2.74. The summed E-state index contributed by atoms with van der Waals surface area (Å²) in [5.41, 5.74) is 0.768. The molecule has 1 aliphatic rings. The monoisotopic (exact) mass is 305 g/mol. The van der Waals surface area contributed by atoms with Gasteiger partial charge in [0.1, 0.15) is 5.75 Å². The van der Waals surface area contributed by atoms with Gasteiger partial charge in [0.05, 0.1) is 0 Å². The lowest BCUT2D eigenvalue weighted by atomic mass is 9.94. The van der Waals surface area contributed by atoms with Crippen LogP contribution in [0.15, 0.2) is 24.3 Å². The number of amides is 1. The number of carboxylic acid groups (broad SMARTS) is 1. The summed E-state index contributed by atoms with van der Waals surface area (Å²) < 4.78 is 5.09. The summed E-state index contributed by atoms with van der Waals surface area (Å²) in [6, 6.07) is 6.60. The van der Waals surface area contributed by atoms with Crippen molar-refractivity contribution in [2.45, 2.75) is 33.1 Å². The van der Waals surface area contributed by atoms with E-state index in [1.807, 2.05) is 0 Å². The van der Waals surface area contributed by atoms with Gasteiger partial charge in [-0.2, -0.15) is 0 Å². The number of aliphatic carboxylic acids is 1. The first-order chi connectivity index (χ1) is 10.4. The molecule has 1 aromatic carbocycles. The predicted octanol–water partition coefficient (Wildman–Crippen LogP) is 2.71. The minimum absolute atomic E-state index is 0.143. The molecule has 0 bridgehead atoms. The largest absolute Gasteiger partial charge is 0.482 e. The molecule has 0 atom stereocenters. The summed E-state index contributed by atoms with van der Waals surface area (Å²) in [6.07, 6.45) is 3.48. The molecule has 2 rings (SSSR count). The summed E-state index contributed by atoms with van der Waals surface area (Å²) in [7, 11) is 0. The number of benzene rings is 1. The first-order valence-electron chi connectivity index (χ1n) is 7.63. The molecule has 1 aromatic rings. The first-order valence-corrected chi connectivity index (χ1v) is 7.63. The van der Waals surface area contributed by atoms with E-state index in [0.717, 1.165) is 6.42 Å². The minimum atomic E-state index is -1.04. The number of carbonyl (C=O) groups excluding carboxylic acids is 1. The molecule has 22 heavy (non-hydrogen) atoms. The van der Waals surface area contributed by atoms with Crippen molar-refractivity contribution in [1.29, 1.82) is 0 Å². The lowest BCUT2D eigenvalue weighted by Gasteiger charge is -2.18. The fraction of sp³-hybridized carbons (Fsp3) is 0.529. The van der Waals surface area contributed by atoms with E-state index in [2.05, 4.69) is 19.2 Å². The number of rotatable bonds is 8. The van der Waals surface area contributed by atoms with Gasteiger partial charge in [0.25, 0.3) is 5.91 Å². The van der Waals surface area contributed by atoms with Crippen LogP contribution in [0.4, 0.5) is 0 Å². The van der Waals surface area contributed by atoms with E-state index in [0.29, 0.717) is 23.8 Å². The number of carbonyl (C=O) groups is 2. The second-order valence-corrected chi connectivity index (χ2v) is 6.49. The van der Waals surface area contributed by atoms with Gasteiger partial charge in [-0.15, -0.1) is 0 Å². The third-order valence-electron chi connectivity index (χ3n) is 3.88. The van der Waals surface area contributed by atoms with Crippen LogP contribution in [0.5, 0.6) is 5.75 Å². The molecular formula is C17H23NO4. The quantitative estimate of drug-likeness (QED) is 0.774. The van der Waals surface area contributed by atoms with E-state index in [1.54, 1.807) is 24.3 Å². The Kier molecular flexibility index (Phi) is 5.06. The molecule has 120 valence electrons. The minimum Gasteiger partial charge on any atom is -0.482 e. The molecule has 5 nitrogen and oxygen atoms in total. The number of hydrogen-bond acceptors (Lipinski definition) is 3. The summed E-state index contributed by atoms with van der Waals surface area (Å²) in [4.78, 5) is 22.7. The number of nitrogens with one attached hydrogen (secondary N) is 1. The fourth-order valence-electron chi connectivity index (χ4n) is 2.74. The Morgan fingerprint density at radius 2 is 2.09 bits per heavy atom. The van der Waals surface area contributed by atoms with E-state index in [-0.39, 0.29) is 11.3 Å². The highest BCUT2D eigenvalue weighted by molar-refractivity contribution is 5.94. The van der Waals surface area contributed by atoms with Gasteiger partial charge in [0.2, 0.25) is 0 Å². The summed E-state index contributed by atoms with van der Waals surface area (Å²) >= 11 is 0. The lowest BCUT2D eigenvalue weighted by Crippen LogP contribution is -2.30. The molecule has 5 heteroatoms. The Labute approximate surface area is 130 Å². The summed E-state index contributed by atoms with van der Waals surface area (Å²) in [5, 5.41) is 11.6. The van der Waals surface area contributed by atoms with E-state index in [4.69, 9.17) is 9.84 Å². The maximum Gasteiger partial charge on any atom is 0.341 e. The maximum atomic E-state index is 12.2. The van der Waals surface area contributed by atoms with E-state index in [1.165, 1.54) is 12.8 Å². The van der Waals surface area contributed by atoms with E-state index in [9.17, 15) is 9.59 Å². The van der Waals surface area contributed by atoms with Gasteiger partial charge >= 0.3 is 5.97 Å². The molecule has 1 aliphatic carbocycles. The van der Waals surface area contributed by atoms with Gasteiger partial charge in [-0.25, -0.2) is 4.79 Å². The SMILES string of the molecule is CC(C)CC1(CNC(=O)c2cccc(OCC(=O)O)c2)CC1. The molecule has 0 unspecified atom stereocenters. The number of carboxylic acids is 1. The second-order valence-electron chi connectivity index (χ2n) is 6.49. The molecule has 2 N–H and O–H groups in total. The van der Waals surface area contributed by atoms with Gasteiger partial charge in [-0.05, 0) is 48.8 Å². The van der Waals surface area contributed by atoms with Gasteiger partial charge in [-0.3, -0.25) is 4.79 Å². The smallest absolute Gasteiger partial charge is 0.341 e. The van der Waals surface area contributed by atoms with Crippen LogP contribution in [0.25, 0.3) is 0 Å². The number of hydrogen-bond donors (Lipinski definition) is 2. The van der Waals surface area contributed by atoms with Crippen molar-refractivity contribution in [3.63, 3.8) is 0 Å². The van der Waals surface area contributed by atoms with Crippen molar-refractivity contribution in [3.05, 3.63) is 29.8 Å². The summed E-state index contributed by atoms with van der Waals surface area (Å²) in [6.45, 7) is 4.68. The average Bonchev–Trinajstić information content (AvgIpc) is 3.22. The zero-order chi connectivity index (χ0) is 16.2. The third-order valence-corrected chi connectivity index (χ3v) is 3.88. The lowest BCUT2D eigenvalue weighted by molar-refractivity contribution is -0.139. The topological polar surface area (TPSA) is 75.6 Å². The molecule has 1 fully saturated rings. The standard InChI is InChI=1S/C17H23NO4/c1-12(2)9-17(6-7-17)11-18-16(21)13-4-3-5-14(8-13)22-10-15(19)20/h3-5,8,12H,6-7,9-11H2,1-2H3,(H,18,21)(H,19,20). The van der Waals surface area contributed by atoms with Crippen LogP contribution in [0.3, 0.4) is 0 Å². The predicted molar refractivity (Wildman–Crippen MR) is 83.0 cm³/mol. The highest BCUT2D eigenvalue weighted by Crippen LogP contribution is 2.50. The Morgan fingerprint density at radius 3 is 2.68 bits per heavy atom. The molecule has 1 amide bonds. The molecule has 0 aromatic heterocycles. The third kappa shape index (κ3) is 4.76. The van der Waals surface area contributed by atoms with Crippen molar-refractivity contribution in [1.82, 2.24) is 5.32 Å². The molecule has 0 radical (unpaired) electrons. The normalized spacial score (nSPS) is 15.4. The molecule has 0 heterocycles. The van der Waals surface area contributed by atoms with Crippen LogP contribution in [0, 0.1) is 11.3 Å². The average molecular weight is 305 g/mol. The highest BCUT2D eigenvalue weighted by atomic mass is 16.5. The molecule has 0 spiro atoms. The van der Waals surface area contributed by atoms with Crippen molar-refractivity contribution in [2.75, 3.05) is 13.2 Å². The Hall–Kier alpha value is -2.04. The van der Waals surface area contributed by atoms with E-state index >= 15 is 0 Å². The van der Waals surface area contributed by atoms with Crippen LogP contribution in [-0.4, -0.2) is 30.1 Å². The second kappa shape index (κ2) is 6.81. The van der Waals surface area contributed by atoms with E-state index < -0.39 is 12.6 Å². The maximum absolute atomic E-state index is 12.2. The van der Waals surface area contributed by atoms with Gasteiger partial charge < -0.3 is 15.2 Å².